The Labute approximate surface area is 201 Å². The Morgan fingerprint density at radius 3 is 1.85 bits per heavy atom. The zero-order chi connectivity index (χ0) is 24.5. The van der Waals surface area contributed by atoms with Crippen molar-refractivity contribution in [3.8, 4) is 36.1 Å². The number of nitriles is 4. The van der Waals surface area contributed by atoms with Crippen LogP contribution >= 0.6 is 0 Å². The summed E-state index contributed by atoms with van der Waals surface area (Å²) in [6.45, 7) is 0. The van der Waals surface area contributed by atoms with Gasteiger partial charge in [0.15, 0.2) is 0 Å². The first kappa shape index (κ1) is 23.9. The van der Waals surface area contributed by atoms with Crippen LogP contribution in [0.4, 0.5) is 5.69 Å². The van der Waals surface area contributed by atoms with E-state index in [4.69, 9.17) is 0 Å². The van der Waals surface area contributed by atoms with Crippen LogP contribution in [-0.4, -0.2) is 14.1 Å². The van der Waals surface area contributed by atoms with Gasteiger partial charge in [-0.25, -0.2) is 0 Å². The highest BCUT2D eigenvalue weighted by molar-refractivity contribution is 5.57. The minimum atomic E-state index is -0.768. The Morgan fingerprint density at radius 2 is 1.35 bits per heavy atom. The largest absolute Gasteiger partial charge is 0.378 e. The van der Waals surface area contributed by atoms with E-state index in [2.05, 4.69) is 11.8 Å². The Morgan fingerprint density at radius 1 is 0.794 bits per heavy atom. The quantitative estimate of drug-likeness (QED) is 0.366. The molecule has 0 spiro atoms. The molecule has 0 saturated heterocycles. The lowest BCUT2D eigenvalue weighted by molar-refractivity contribution is 0.624. The first-order valence-electron chi connectivity index (χ1n) is 10.9. The van der Waals surface area contributed by atoms with Crippen molar-refractivity contribution in [3.63, 3.8) is 0 Å². The minimum absolute atomic E-state index is 0.0176. The Kier molecular flexibility index (Phi) is 7.88. The van der Waals surface area contributed by atoms with Crippen LogP contribution in [0.15, 0.2) is 84.0 Å². The Bertz CT molecular complexity index is 1240. The molecule has 1 atom stereocenters. The molecule has 0 aliphatic heterocycles. The van der Waals surface area contributed by atoms with Crippen molar-refractivity contribution in [2.45, 2.75) is 5.92 Å². The van der Waals surface area contributed by atoms with E-state index in [1.807, 2.05) is 116 Å². The Hall–Kier alpha value is -4.76. The summed E-state index contributed by atoms with van der Waals surface area (Å²) in [4.78, 5) is 2.00. The lowest BCUT2D eigenvalue weighted by Gasteiger charge is -2.27. The third kappa shape index (κ3) is 5.34. The van der Waals surface area contributed by atoms with Gasteiger partial charge < -0.3 is 4.90 Å². The van der Waals surface area contributed by atoms with Crippen LogP contribution < -0.4 is 4.90 Å². The van der Waals surface area contributed by atoms with E-state index < -0.39 is 5.92 Å². The molecule has 0 N–H and O–H groups in total. The lowest BCUT2D eigenvalue weighted by atomic mass is 9.75. The number of nitrogens with zero attached hydrogens (tertiary/aromatic N) is 5. The maximum absolute atomic E-state index is 9.74. The molecule has 0 heterocycles. The summed E-state index contributed by atoms with van der Waals surface area (Å²) in [7, 11) is 3.92. The maximum atomic E-state index is 9.74. The zero-order valence-electron chi connectivity index (χ0n) is 19.1. The molecule has 5 heteroatoms. The third-order valence-electron chi connectivity index (χ3n) is 5.85. The number of benzene rings is 1. The van der Waals surface area contributed by atoms with Crippen LogP contribution in [0.3, 0.4) is 0 Å². The molecule has 0 fully saturated rings. The van der Waals surface area contributed by atoms with Gasteiger partial charge in [-0.1, -0.05) is 72.6 Å². The molecular formula is C29H23N5. The monoisotopic (exact) mass is 441 g/mol. The number of rotatable bonds is 5. The zero-order valence-corrected chi connectivity index (χ0v) is 19.1. The van der Waals surface area contributed by atoms with Crippen molar-refractivity contribution in [3.05, 3.63) is 89.6 Å². The van der Waals surface area contributed by atoms with Crippen molar-refractivity contribution in [2.24, 2.45) is 23.7 Å². The molecule has 2 aliphatic rings. The highest BCUT2D eigenvalue weighted by Crippen LogP contribution is 2.38. The molecule has 0 bridgehead atoms. The average molecular weight is 442 g/mol. The van der Waals surface area contributed by atoms with Gasteiger partial charge in [-0.2, -0.15) is 21.0 Å². The van der Waals surface area contributed by atoms with E-state index in [0.29, 0.717) is 5.57 Å². The van der Waals surface area contributed by atoms with Crippen molar-refractivity contribution in [2.75, 3.05) is 19.0 Å². The minimum Gasteiger partial charge on any atom is -0.378 e. The molecule has 0 aromatic heterocycles. The summed E-state index contributed by atoms with van der Waals surface area (Å²) in [5.41, 5.74) is 2.40. The molecule has 164 valence electrons. The van der Waals surface area contributed by atoms with Gasteiger partial charge in [-0.05, 0) is 17.7 Å². The van der Waals surface area contributed by atoms with Gasteiger partial charge >= 0.3 is 0 Å². The molecule has 34 heavy (non-hydrogen) atoms. The highest BCUT2D eigenvalue weighted by atomic mass is 15.1. The van der Waals surface area contributed by atoms with E-state index in [1.165, 1.54) is 0 Å². The molecule has 1 aromatic rings. The third-order valence-corrected chi connectivity index (χ3v) is 5.85. The van der Waals surface area contributed by atoms with Crippen LogP contribution in [-0.2, 0) is 0 Å². The van der Waals surface area contributed by atoms with Gasteiger partial charge in [-0.3, -0.25) is 0 Å². The summed E-state index contributed by atoms with van der Waals surface area (Å²) >= 11 is 0. The summed E-state index contributed by atoms with van der Waals surface area (Å²) in [5, 5.41) is 38.0. The number of hydrogen-bond acceptors (Lipinski definition) is 5. The second-order valence-corrected chi connectivity index (χ2v) is 8.20. The number of hydrogen-bond donors (Lipinski definition) is 0. The second kappa shape index (κ2) is 11.2. The molecule has 0 amide bonds. The van der Waals surface area contributed by atoms with Crippen LogP contribution in [0.1, 0.15) is 11.5 Å². The van der Waals surface area contributed by atoms with E-state index in [1.54, 1.807) is 0 Å². The topological polar surface area (TPSA) is 98.4 Å². The molecule has 0 radical (unpaired) electrons. The average Bonchev–Trinajstić information content (AvgIpc) is 3.38. The van der Waals surface area contributed by atoms with E-state index >= 15 is 0 Å². The molecule has 1 unspecified atom stereocenters. The lowest BCUT2D eigenvalue weighted by Crippen LogP contribution is -2.18. The first-order valence-corrected chi connectivity index (χ1v) is 10.9. The van der Waals surface area contributed by atoms with Gasteiger partial charge in [0.2, 0.25) is 0 Å². The van der Waals surface area contributed by atoms with Gasteiger partial charge in [0.05, 0.1) is 18.1 Å². The fraction of sp³-hybridized carbons (Fsp3) is 0.241. The second-order valence-electron chi connectivity index (χ2n) is 8.20. The molecule has 2 aliphatic carbocycles. The van der Waals surface area contributed by atoms with Crippen molar-refractivity contribution >= 4 is 5.69 Å². The molecule has 0 saturated carbocycles. The van der Waals surface area contributed by atoms with Crippen LogP contribution in [0, 0.1) is 80.8 Å². The van der Waals surface area contributed by atoms with Gasteiger partial charge in [0.25, 0.3) is 0 Å². The van der Waals surface area contributed by atoms with Crippen LogP contribution in [0.5, 0.6) is 0 Å². The normalized spacial score (nSPS) is 18.7. The fourth-order valence-electron chi connectivity index (χ4n) is 3.98. The number of anilines is 1. The number of allylic oxidation sites excluding steroid dienone is 10. The van der Waals surface area contributed by atoms with E-state index in [0.717, 1.165) is 11.3 Å². The standard InChI is InChI=1S/C29H23N5/c1-34(2)27-14-12-24(13-15-27)29(23-10-8-22(9-11-23)25(17-30)18-31)28(26(19-32)20-33)16-7-21-5-3-4-6-21/h3-6,8-15,21-23,25,29H,1-2H3. The highest BCUT2D eigenvalue weighted by Gasteiger charge is 2.29. The molecular weight excluding hydrogens is 418 g/mol. The summed E-state index contributed by atoms with van der Waals surface area (Å²) in [6, 6.07) is 16.1. The predicted octanol–water partition coefficient (Wildman–Crippen LogP) is 4.95. The first-order chi connectivity index (χ1) is 16.5. The van der Waals surface area contributed by atoms with E-state index in [9.17, 15) is 21.0 Å². The summed E-state index contributed by atoms with van der Waals surface area (Å²) in [5.74, 6) is 4.61. The molecule has 1 aromatic carbocycles. The molecule has 3 rings (SSSR count). The fourth-order valence-corrected chi connectivity index (χ4v) is 3.98. The Balaban J connectivity index is 2.11. The smallest absolute Gasteiger partial charge is 0.143 e. The van der Waals surface area contributed by atoms with Crippen LogP contribution in [0.2, 0.25) is 0 Å². The van der Waals surface area contributed by atoms with Crippen molar-refractivity contribution < 1.29 is 0 Å². The van der Waals surface area contributed by atoms with Crippen LogP contribution in [0.25, 0.3) is 0 Å². The maximum Gasteiger partial charge on any atom is 0.143 e. The predicted molar refractivity (Wildman–Crippen MR) is 131 cm³/mol. The van der Waals surface area contributed by atoms with E-state index in [-0.39, 0.29) is 29.2 Å². The van der Waals surface area contributed by atoms with Gasteiger partial charge in [-0.15, -0.1) is 0 Å². The van der Waals surface area contributed by atoms with Crippen molar-refractivity contribution in [1.29, 1.82) is 21.0 Å². The van der Waals surface area contributed by atoms with Crippen molar-refractivity contribution in [1.82, 2.24) is 0 Å². The van der Waals surface area contributed by atoms with Gasteiger partial charge in [0, 0.05) is 43.1 Å². The summed E-state index contributed by atoms with van der Waals surface area (Å²) < 4.78 is 0. The van der Waals surface area contributed by atoms with Gasteiger partial charge in [0.1, 0.15) is 23.6 Å². The SMILES string of the molecule is CN(C)c1ccc(C(C(C#CC2C=CC=C2)=C(C#N)C#N)C2C=CC(C(C#N)C#N)C=C2)cc1. The molecule has 5 nitrogen and oxygen atoms in total. The summed E-state index contributed by atoms with van der Waals surface area (Å²) in [6.07, 6.45) is 15.4.